The Hall–Kier alpha value is -1.42. The van der Waals surface area contributed by atoms with Gasteiger partial charge in [0.25, 0.3) is 5.91 Å². The van der Waals surface area contributed by atoms with Crippen LogP contribution in [0.15, 0.2) is 18.2 Å². The number of halogens is 1. The van der Waals surface area contributed by atoms with Gasteiger partial charge in [0.15, 0.2) is 0 Å². The third kappa shape index (κ3) is 2.88. The van der Waals surface area contributed by atoms with Crippen LogP contribution in [0.4, 0.5) is 4.39 Å². The van der Waals surface area contributed by atoms with Crippen LogP contribution in [0.3, 0.4) is 0 Å². The van der Waals surface area contributed by atoms with Gasteiger partial charge in [0, 0.05) is 30.7 Å². The Morgan fingerprint density at radius 2 is 1.89 bits per heavy atom. The molecule has 1 aromatic carbocycles. The first-order valence-electron chi connectivity index (χ1n) is 6.28. The number of rotatable bonds is 1. The first kappa shape index (κ1) is 13.0. The van der Waals surface area contributed by atoms with E-state index in [1.54, 1.807) is 17.9 Å². The summed E-state index contributed by atoms with van der Waals surface area (Å²) in [6.07, 6.45) is 0. The molecule has 18 heavy (non-hydrogen) atoms. The molecule has 1 N–H and O–H groups in total. The monoisotopic (exact) mass is 250 g/mol. The van der Waals surface area contributed by atoms with E-state index < -0.39 is 0 Å². The van der Waals surface area contributed by atoms with Crippen LogP contribution in [-0.4, -0.2) is 36.0 Å². The second kappa shape index (κ2) is 5.06. The molecule has 0 unspecified atom stereocenters. The summed E-state index contributed by atoms with van der Waals surface area (Å²) in [4.78, 5) is 14.1. The lowest BCUT2D eigenvalue weighted by atomic mass is 10.1. The molecule has 3 nitrogen and oxygen atoms in total. The fourth-order valence-electron chi connectivity index (χ4n) is 2.54. The van der Waals surface area contributed by atoms with E-state index in [1.807, 2.05) is 13.8 Å². The van der Waals surface area contributed by atoms with Crippen LogP contribution in [0.25, 0.3) is 0 Å². The number of piperazine rings is 1. The molecule has 1 aromatic rings. The van der Waals surface area contributed by atoms with Gasteiger partial charge in [-0.05, 0) is 44.5 Å². The molecule has 1 amide bonds. The van der Waals surface area contributed by atoms with E-state index >= 15 is 0 Å². The van der Waals surface area contributed by atoms with Crippen LogP contribution in [-0.2, 0) is 0 Å². The summed E-state index contributed by atoms with van der Waals surface area (Å²) in [5.74, 6) is -0.438. The zero-order chi connectivity index (χ0) is 13.3. The van der Waals surface area contributed by atoms with Crippen LogP contribution < -0.4 is 5.32 Å². The highest BCUT2D eigenvalue weighted by Crippen LogP contribution is 2.13. The van der Waals surface area contributed by atoms with E-state index in [1.165, 1.54) is 12.1 Å². The van der Waals surface area contributed by atoms with Gasteiger partial charge >= 0.3 is 0 Å². The van der Waals surface area contributed by atoms with E-state index in [9.17, 15) is 9.18 Å². The molecule has 0 aliphatic carbocycles. The fraction of sp³-hybridized carbons (Fsp3) is 0.500. The molecule has 0 radical (unpaired) electrons. The van der Waals surface area contributed by atoms with E-state index in [2.05, 4.69) is 5.32 Å². The molecule has 1 aliphatic heterocycles. The highest BCUT2D eigenvalue weighted by Gasteiger charge is 2.25. The Balaban J connectivity index is 2.20. The van der Waals surface area contributed by atoms with Crippen LogP contribution >= 0.6 is 0 Å². The minimum Gasteiger partial charge on any atom is -0.336 e. The van der Waals surface area contributed by atoms with Crippen molar-refractivity contribution in [2.24, 2.45) is 0 Å². The Kier molecular flexibility index (Phi) is 3.66. The maximum absolute atomic E-state index is 13.3. The first-order valence-corrected chi connectivity index (χ1v) is 6.28. The standard InChI is InChI=1S/C14H19FN2O/c1-9-4-12(6-13(15)5-9)14(18)17-7-10(2)16-11(3)8-17/h4-6,10-11,16H,7-8H2,1-3H3/t10-,11-/m0/s1. The van der Waals surface area contributed by atoms with Gasteiger partial charge in [0.05, 0.1) is 0 Å². The maximum atomic E-state index is 13.3. The van der Waals surface area contributed by atoms with Crippen LogP contribution in [0, 0.1) is 12.7 Å². The Morgan fingerprint density at radius 3 is 2.44 bits per heavy atom. The zero-order valence-corrected chi connectivity index (χ0v) is 11.0. The molecule has 0 saturated carbocycles. The van der Waals surface area contributed by atoms with Gasteiger partial charge in [0.2, 0.25) is 0 Å². The van der Waals surface area contributed by atoms with Crippen molar-refractivity contribution in [3.8, 4) is 0 Å². The Morgan fingerprint density at radius 1 is 1.28 bits per heavy atom. The third-order valence-corrected chi connectivity index (χ3v) is 3.13. The Bertz CT molecular complexity index is 431. The topological polar surface area (TPSA) is 32.3 Å². The van der Waals surface area contributed by atoms with Crippen molar-refractivity contribution >= 4 is 5.91 Å². The van der Waals surface area contributed by atoms with Crippen LogP contribution in [0.1, 0.15) is 29.8 Å². The van der Waals surface area contributed by atoms with Crippen molar-refractivity contribution in [3.05, 3.63) is 35.1 Å². The summed E-state index contributed by atoms with van der Waals surface area (Å²) in [5, 5.41) is 3.37. The number of carbonyl (C=O) groups is 1. The van der Waals surface area contributed by atoms with Gasteiger partial charge in [-0.25, -0.2) is 4.39 Å². The minimum absolute atomic E-state index is 0.0854. The van der Waals surface area contributed by atoms with E-state index in [0.29, 0.717) is 18.7 Å². The number of carbonyl (C=O) groups excluding carboxylic acids is 1. The number of hydrogen-bond acceptors (Lipinski definition) is 2. The van der Waals surface area contributed by atoms with Gasteiger partial charge in [-0.15, -0.1) is 0 Å². The van der Waals surface area contributed by atoms with Crippen molar-refractivity contribution in [2.45, 2.75) is 32.9 Å². The van der Waals surface area contributed by atoms with Gasteiger partial charge < -0.3 is 10.2 Å². The summed E-state index contributed by atoms with van der Waals surface area (Å²) in [6.45, 7) is 7.22. The molecular formula is C14H19FN2O. The highest BCUT2D eigenvalue weighted by atomic mass is 19.1. The van der Waals surface area contributed by atoms with Crippen molar-refractivity contribution in [3.63, 3.8) is 0 Å². The lowest BCUT2D eigenvalue weighted by Gasteiger charge is -2.36. The predicted octanol–water partition coefficient (Wildman–Crippen LogP) is 1.96. The molecule has 98 valence electrons. The molecule has 1 heterocycles. The summed E-state index contributed by atoms with van der Waals surface area (Å²) in [5.41, 5.74) is 1.21. The average Bonchev–Trinajstić information content (AvgIpc) is 2.25. The number of nitrogens with zero attached hydrogens (tertiary/aromatic N) is 1. The van der Waals surface area contributed by atoms with Gasteiger partial charge in [0.1, 0.15) is 5.82 Å². The summed E-state index contributed by atoms with van der Waals surface area (Å²) in [6, 6.07) is 5.02. The number of nitrogens with one attached hydrogen (secondary N) is 1. The van der Waals surface area contributed by atoms with Crippen molar-refractivity contribution < 1.29 is 9.18 Å². The van der Waals surface area contributed by atoms with Gasteiger partial charge in [-0.1, -0.05) is 0 Å². The molecule has 1 fully saturated rings. The lowest BCUT2D eigenvalue weighted by Crippen LogP contribution is -2.55. The normalized spacial score (nSPS) is 24.1. The second-order valence-electron chi connectivity index (χ2n) is 5.20. The maximum Gasteiger partial charge on any atom is 0.254 e. The molecule has 1 aliphatic rings. The number of hydrogen-bond donors (Lipinski definition) is 1. The van der Waals surface area contributed by atoms with E-state index in [4.69, 9.17) is 0 Å². The first-order chi connectivity index (χ1) is 8.45. The summed E-state index contributed by atoms with van der Waals surface area (Å²) < 4.78 is 13.3. The van der Waals surface area contributed by atoms with Crippen LogP contribution in [0.2, 0.25) is 0 Å². The molecule has 2 atom stereocenters. The van der Waals surface area contributed by atoms with E-state index in [0.717, 1.165) is 5.56 Å². The molecule has 0 aromatic heterocycles. The molecule has 2 rings (SSSR count). The number of amides is 1. The van der Waals surface area contributed by atoms with Crippen molar-refractivity contribution in [1.82, 2.24) is 10.2 Å². The smallest absolute Gasteiger partial charge is 0.254 e. The molecule has 0 bridgehead atoms. The average molecular weight is 250 g/mol. The summed E-state index contributed by atoms with van der Waals surface area (Å²) in [7, 11) is 0. The third-order valence-electron chi connectivity index (χ3n) is 3.13. The van der Waals surface area contributed by atoms with Crippen molar-refractivity contribution in [1.29, 1.82) is 0 Å². The molecule has 0 spiro atoms. The Labute approximate surface area is 107 Å². The van der Waals surface area contributed by atoms with Crippen LogP contribution in [0.5, 0.6) is 0 Å². The largest absolute Gasteiger partial charge is 0.336 e. The zero-order valence-electron chi connectivity index (χ0n) is 11.0. The minimum atomic E-state index is -0.352. The van der Waals surface area contributed by atoms with Gasteiger partial charge in [-0.3, -0.25) is 4.79 Å². The highest BCUT2D eigenvalue weighted by molar-refractivity contribution is 5.94. The predicted molar refractivity (Wildman–Crippen MR) is 69.1 cm³/mol. The van der Waals surface area contributed by atoms with Crippen molar-refractivity contribution in [2.75, 3.05) is 13.1 Å². The SMILES string of the molecule is Cc1cc(F)cc(C(=O)N2C[C@H](C)N[C@@H](C)C2)c1. The molecule has 1 saturated heterocycles. The quantitative estimate of drug-likeness (QED) is 0.826. The summed E-state index contributed by atoms with van der Waals surface area (Å²) >= 11 is 0. The molecular weight excluding hydrogens is 231 g/mol. The molecule has 4 heteroatoms. The fourth-order valence-corrected chi connectivity index (χ4v) is 2.54. The van der Waals surface area contributed by atoms with Gasteiger partial charge in [-0.2, -0.15) is 0 Å². The lowest BCUT2D eigenvalue weighted by molar-refractivity contribution is 0.0673. The second-order valence-corrected chi connectivity index (χ2v) is 5.20. The van der Waals surface area contributed by atoms with E-state index in [-0.39, 0.29) is 23.8 Å². The number of aryl methyl sites for hydroxylation is 1. The number of benzene rings is 1.